The Kier molecular flexibility index (Phi) is 5.40. The highest BCUT2D eigenvalue weighted by Crippen LogP contribution is 2.40. The molecule has 0 N–H and O–H groups in total. The Balaban J connectivity index is 1.23. The fourth-order valence-corrected chi connectivity index (χ4v) is 6.12. The third-order valence-electron chi connectivity index (χ3n) is 8.11. The molecule has 0 unspecified atom stereocenters. The van der Waals surface area contributed by atoms with E-state index in [1.54, 1.807) is 0 Å². The normalized spacial score (nSPS) is 11.6. The number of nitrogens with zero attached hydrogens (tertiary/aromatic N) is 5. The molecule has 0 aliphatic rings. The van der Waals surface area contributed by atoms with Crippen molar-refractivity contribution in [1.82, 2.24) is 24.5 Å². The number of para-hydroxylation sites is 1. The van der Waals surface area contributed by atoms with Gasteiger partial charge in [0.05, 0.1) is 16.4 Å². The predicted octanol–water partition coefficient (Wildman–Crippen LogP) is 9.26. The van der Waals surface area contributed by atoms with Crippen LogP contribution < -0.4 is 0 Å². The van der Waals surface area contributed by atoms with Gasteiger partial charge < -0.3 is 4.42 Å². The van der Waals surface area contributed by atoms with Crippen molar-refractivity contribution in [2.45, 2.75) is 0 Å². The second-order valence-electron chi connectivity index (χ2n) is 10.7. The lowest BCUT2D eigenvalue weighted by molar-refractivity contribution is 0.664. The van der Waals surface area contributed by atoms with Gasteiger partial charge in [-0.25, -0.2) is 19.9 Å². The topological polar surface area (TPSA) is 69.6 Å². The second kappa shape index (κ2) is 9.71. The Morgan fingerprint density at radius 1 is 0.432 bits per heavy atom. The van der Waals surface area contributed by atoms with Crippen LogP contribution in [0, 0.1) is 0 Å². The third kappa shape index (κ3) is 3.82. The summed E-state index contributed by atoms with van der Waals surface area (Å²) in [4.78, 5) is 19.5. The molecule has 206 valence electrons. The number of fused-ring (bicyclic) bond motifs is 2. The summed E-state index contributed by atoms with van der Waals surface area (Å²) in [5.74, 6) is 2.62. The number of rotatable bonds is 4. The van der Waals surface area contributed by atoms with E-state index in [9.17, 15) is 0 Å². The molecule has 0 aliphatic carbocycles. The molecule has 0 atom stereocenters. The Bertz CT molecular complexity index is 2420. The van der Waals surface area contributed by atoms with E-state index in [2.05, 4.69) is 41.0 Å². The summed E-state index contributed by atoms with van der Waals surface area (Å²) in [5.41, 5.74) is 6.48. The highest BCUT2D eigenvalue weighted by atomic mass is 16.3. The van der Waals surface area contributed by atoms with Crippen molar-refractivity contribution in [2.24, 2.45) is 0 Å². The van der Waals surface area contributed by atoms with E-state index in [-0.39, 0.29) is 0 Å². The van der Waals surface area contributed by atoms with Crippen LogP contribution in [0.25, 0.3) is 83.7 Å². The van der Waals surface area contributed by atoms with Crippen LogP contribution in [0.1, 0.15) is 0 Å². The molecule has 9 aromatic rings. The molecule has 0 spiro atoms. The van der Waals surface area contributed by atoms with E-state index in [1.165, 1.54) is 0 Å². The molecule has 44 heavy (non-hydrogen) atoms. The first kappa shape index (κ1) is 24.5. The highest BCUT2D eigenvalue weighted by molar-refractivity contribution is 6.26. The fraction of sp³-hybridized carbons (Fsp3) is 0. The molecule has 0 fully saturated rings. The van der Waals surface area contributed by atoms with E-state index in [4.69, 9.17) is 24.4 Å². The second-order valence-corrected chi connectivity index (χ2v) is 10.7. The van der Waals surface area contributed by atoms with E-state index >= 15 is 0 Å². The Labute approximate surface area is 251 Å². The molecule has 0 saturated heterocycles. The fourth-order valence-electron chi connectivity index (χ4n) is 6.12. The minimum absolute atomic E-state index is 0.572. The highest BCUT2D eigenvalue weighted by Gasteiger charge is 2.19. The van der Waals surface area contributed by atoms with Gasteiger partial charge in [0.15, 0.2) is 17.5 Å². The molecular weight excluding hydrogens is 542 g/mol. The molecule has 0 radical (unpaired) electrons. The van der Waals surface area contributed by atoms with Crippen LogP contribution in [0.15, 0.2) is 144 Å². The summed E-state index contributed by atoms with van der Waals surface area (Å²) in [7, 11) is 0. The number of hydrogen-bond donors (Lipinski definition) is 0. The van der Waals surface area contributed by atoms with Gasteiger partial charge in [-0.05, 0) is 41.8 Å². The van der Waals surface area contributed by atoms with Crippen molar-refractivity contribution in [1.29, 1.82) is 0 Å². The third-order valence-corrected chi connectivity index (χ3v) is 8.11. The molecule has 9 rings (SSSR count). The molecule has 0 amide bonds. The van der Waals surface area contributed by atoms with Crippen LogP contribution in [0.3, 0.4) is 0 Å². The largest absolute Gasteiger partial charge is 0.456 e. The molecule has 4 heterocycles. The molecule has 0 bridgehead atoms. The molecule has 4 aromatic heterocycles. The summed E-state index contributed by atoms with van der Waals surface area (Å²) in [6, 6.07) is 44.9. The van der Waals surface area contributed by atoms with Crippen LogP contribution in [0.5, 0.6) is 0 Å². The number of aromatic nitrogens is 5. The number of benzene rings is 5. The van der Waals surface area contributed by atoms with Gasteiger partial charge in [-0.1, -0.05) is 97.1 Å². The van der Waals surface area contributed by atoms with Gasteiger partial charge >= 0.3 is 0 Å². The quantitative estimate of drug-likeness (QED) is 0.213. The minimum atomic E-state index is 0.572. The van der Waals surface area contributed by atoms with Gasteiger partial charge in [-0.3, -0.25) is 4.57 Å². The Morgan fingerprint density at radius 2 is 1.00 bits per heavy atom. The summed E-state index contributed by atoms with van der Waals surface area (Å²) in [6.45, 7) is 0. The predicted molar refractivity (Wildman–Crippen MR) is 176 cm³/mol. The molecule has 5 aromatic carbocycles. The first-order chi connectivity index (χ1) is 21.8. The standard InChI is InChI=1S/C38H23N5O/c1-3-11-24(12-4-1)36-40-37(25-13-5-2-6-14-25)42-38(41-36)26-21-22-33(39-23-26)43-29-17-9-16-28-27-15-7-8-19-31(27)44-32-20-10-18-30(43)35(32)34(28)29/h1-23H. The van der Waals surface area contributed by atoms with E-state index < -0.39 is 0 Å². The first-order valence-corrected chi connectivity index (χ1v) is 14.5. The Morgan fingerprint density at radius 3 is 1.68 bits per heavy atom. The lowest BCUT2D eigenvalue weighted by Gasteiger charge is -2.10. The van der Waals surface area contributed by atoms with Gasteiger partial charge in [0.25, 0.3) is 0 Å². The average Bonchev–Trinajstić information content (AvgIpc) is 3.36. The summed E-state index contributed by atoms with van der Waals surface area (Å²) >= 11 is 0. The van der Waals surface area contributed by atoms with Crippen molar-refractivity contribution in [3.05, 3.63) is 140 Å². The number of hydrogen-bond acceptors (Lipinski definition) is 5. The van der Waals surface area contributed by atoms with Gasteiger partial charge in [-0.15, -0.1) is 0 Å². The van der Waals surface area contributed by atoms with Crippen molar-refractivity contribution in [3.63, 3.8) is 0 Å². The van der Waals surface area contributed by atoms with Crippen LogP contribution in [0.4, 0.5) is 0 Å². The zero-order chi connectivity index (χ0) is 29.0. The SMILES string of the molecule is c1ccc(-c2nc(-c3ccccc3)nc(-c3ccc(-n4c5cccc6oc7ccccc7c7cccc4c7c65)nc3)n2)cc1. The van der Waals surface area contributed by atoms with Crippen molar-refractivity contribution in [3.8, 4) is 40.0 Å². The van der Waals surface area contributed by atoms with Crippen molar-refractivity contribution in [2.75, 3.05) is 0 Å². The minimum Gasteiger partial charge on any atom is -0.456 e. The van der Waals surface area contributed by atoms with Crippen molar-refractivity contribution < 1.29 is 4.42 Å². The lowest BCUT2D eigenvalue weighted by Crippen LogP contribution is -2.01. The van der Waals surface area contributed by atoms with Crippen molar-refractivity contribution >= 4 is 43.7 Å². The van der Waals surface area contributed by atoms with Gasteiger partial charge in [-0.2, -0.15) is 0 Å². The average molecular weight is 566 g/mol. The molecule has 6 heteroatoms. The summed E-state index contributed by atoms with van der Waals surface area (Å²) in [5, 5.41) is 4.47. The molecular formula is C38H23N5O. The van der Waals surface area contributed by atoms with Gasteiger partial charge in [0.2, 0.25) is 0 Å². The molecule has 0 aliphatic heterocycles. The summed E-state index contributed by atoms with van der Waals surface area (Å²) < 4.78 is 8.69. The maximum absolute atomic E-state index is 6.49. The van der Waals surface area contributed by atoms with Gasteiger partial charge in [0.1, 0.15) is 17.0 Å². The lowest BCUT2D eigenvalue weighted by atomic mass is 10.1. The maximum Gasteiger partial charge on any atom is 0.165 e. The zero-order valence-electron chi connectivity index (χ0n) is 23.4. The van der Waals surface area contributed by atoms with Crippen LogP contribution in [-0.2, 0) is 0 Å². The van der Waals surface area contributed by atoms with Crippen LogP contribution in [-0.4, -0.2) is 24.5 Å². The van der Waals surface area contributed by atoms with Crippen LogP contribution >= 0.6 is 0 Å². The Hall–Kier alpha value is -6.14. The molecule has 0 saturated carbocycles. The molecule has 6 nitrogen and oxygen atoms in total. The monoisotopic (exact) mass is 565 g/mol. The van der Waals surface area contributed by atoms with Crippen LogP contribution in [0.2, 0.25) is 0 Å². The summed E-state index contributed by atoms with van der Waals surface area (Å²) in [6.07, 6.45) is 1.84. The first-order valence-electron chi connectivity index (χ1n) is 14.5. The van der Waals surface area contributed by atoms with E-state index in [0.29, 0.717) is 17.5 Å². The van der Waals surface area contributed by atoms with E-state index in [0.717, 1.165) is 66.3 Å². The zero-order valence-corrected chi connectivity index (χ0v) is 23.4. The van der Waals surface area contributed by atoms with E-state index in [1.807, 2.05) is 103 Å². The van der Waals surface area contributed by atoms with Gasteiger partial charge in [0, 0.05) is 33.7 Å². The number of pyridine rings is 1. The maximum atomic E-state index is 6.49. The smallest absolute Gasteiger partial charge is 0.165 e.